The number of carbonyl (C=O) groups is 1. The maximum atomic E-state index is 12.5. The Kier molecular flexibility index (Phi) is 8.00. The molecule has 6 heteroatoms. The fourth-order valence-corrected chi connectivity index (χ4v) is 3.28. The molecule has 1 unspecified atom stereocenters. The number of benzene rings is 1. The van der Waals surface area contributed by atoms with Crippen molar-refractivity contribution in [3.05, 3.63) is 35.5 Å². The Morgan fingerprint density at radius 3 is 2.44 bits per heavy atom. The van der Waals surface area contributed by atoms with Gasteiger partial charge in [-0.3, -0.25) is 4.79 Å². The van der Waals surface area contributed by atoms with Gasteiger partial charge in [-0.1, -0.05) is 31.7 Å². The van der Waals surface area contributed by atoms with Gasteiger partial charge in [-0.15, -0.1) is 0 Å². The summed E-state index contributed by atoms with van der Waals surface area (Å²) < 4.78 is 10.5. The number of hydrogen-bond acceptors (Lipinski definition) is 5. The van der Waals surface area contributed by atoms with Crippen LogP contribution in [0.5, 0.6) is 11.5 Å². The SMILES string of the molecule is COc1ccc(C(C)NC(=O)/C(C#N)=C\NC2CCCCCC2)cc1OC. The third kappa shape index (κ3) is 5.92. The van der Waals surface area contributed by atoms with Crippen LogP contribution < -0.4 is 20.1 Å². The van der Waals surface area contributed by atoms with E-state index < -0.39 is 0 Å². The molecule has 1 fully saturated rings. The van der Waals surface area contributed by atoms with Crippen molar-refractivity contribution in [2.24, 2.45) is 0 Å². The van der Waals surface area contributed by atoms with Gasteiger partial charge in [0.25, 0.3) is 5.91 Å². The van der Waals surface area contributed by atoms with Crippen molar-refractivity contribution in [3.63, 3.8) is 0 Å². The summed E-state index contributed by atoms with van der Waals surface area (Å²) in [5, 5.41) is 15.5. The smallest absolute Gasteiger partial charge is 0.263 e. The van der Waals surface area contributed by atoms with E-state index in [0.717, 1.165) is 18.4 Å². The summed E-state index contributed by atoms with van der Waals surface area (Å²) in [6.07, 6.45) is 8.63. The second-order valence-electron chi connectivity index (χ2n) is 6.83. The van der Waals surface area contributed by atoms with E-state index in [0.29, 0.717) is 17.5 Å². The van der Waals surface area contributed by atoms with Gasteiger partial charge in [-0.05, 0) is 37.5 Å². The Balaban J connectivity index is 2.00. The lowest BCUT2D eigenvalue weighted by atomic mass is 10.1. The molecule has 1 atom stereocenters. The number of amides is 1. The van der Waals surface area contributed by atoms with E-state index in [-0.39, 0.29) is 17.5 Å². The second-order valence-corrected chi connectivity index (χ2v) is 6.83. The molecule has 1 aliphatic carbocycles. The quantitative estimate of drug-likeness (QED) is 0.435. The van der Waals surface area contributed by atoms with Crippen molar-refractivity contribution >= 4 is 5.91 Å². The highest BCUT2D eigenvalue weighted by Gasteiger charge is 2.17. The first-order valence-electron chi connectivity index (χ1n) is 9.48. The molecule has 0 aromatic heterocycles. The maximum absolute atomic E-state index is 12.5. The lowest BCUT2D eigenvalue weighted by molar-refractivity contribution is -0.117. The van der Waals surface area contributed by atoms with Crippen molar-refractivity contribution in [2.45, 2.75) is 57.5 Å². The standard InChI is InChI=1S/C21H29N3O3/c1-15(16-10-11-19(26-2)20(12-16)27-3)24-21(25)17(13-22)14-23-18-8-6-4-5-7-9-18/h10-12,14-15,18,23H,4-9H2,1-3H3,(H,24,25)/b17-14-. The average molecular weight is 371 g/mol. The Bertz CT molecular complexity index is 701. The number of ether oxygens (including phenoxy) is 2. The normalized spacial score (nSPS) is 16.6. The summed E-state index contributed by atoms with van der Waals surface area (Å²) in [5.74, 6) is 0.841. The van der Waals surface area contributed by atoms with E-state index in [1.165, 1.54) is 25.7 Å². The van der Waals surface area contributed by atoms with Gasteiger partial charge in [0, 0.05) is 12.2 Å². The van der Waals surface area contributed by atoms with Crippen LogP contribution in [0, 0.1) is 11.3 Å². The number of rotatable bonds is 7. The molecule has 1 saturated carbocycles. The van der Waals surface area contributed by atoms with Crippen LogP contribution in [0.4, 0.5) is 0 Å². The van der Waals surface area contributed by atoms with Gasteiger partial charge in [-0.2, -0.15) is 5.26 Å². The molecule has 1 amide bonds. The van der Waals surface area contributed by atoms with Gasteiger partial charge >= 0.3 is 0 Å². The summed E-state index contributed by atoms with van der Waals surface area (Å²) in [6.45, 7) is 1.87. The largest absolute Gasteiger partial charge is 0.493 e. The van der Waals surface area contributed by atoms with E-state index in [2.05, 4.69) is 10.6 Å². The predicted octanol–water partition coefficient (Wildman–Crippen LogP) is 3.60. The van der Waals surface area contributed by atoms with E-state index in [4.69, 9.17) is 9.47 Å². The number of methoxy groups -OCH3 is 2. The molecule has 1 aromatic carbocycles. The molecular weight excluding hydrogens is 342 g/mol. The highest BCUT2D eigenvalue weighted by molar-refractivity contribution is 5.97. The molecule has 0 aliphatic heterocycles. The maximum Gasteiger partial charge on any atom is 0.263 e. The highest BCUT2D eigenvalue weighted by Crippen LogP contribution is 2.29. The van der Waals surface area contributed by atoms with Gasteiger partial charge < -0.3 is 20.1 Å². The Labute approximate surface area is 161 Å². The van der Waals surface area contributed by atoms with Crippen LogP contribution >= 0.6 is 0 Å². The van der Waals surface area contributed by atoms with Crippen LogP contribution in [-0.4, -0.2) is 26.2 Å². The van der Waals surface area contributed by atoms with Crippen molar-refractivity contribution in [3.8, 4) is 17.6 Å². The Morgan fingerprint density at radius 2 is 1.85 bits per heavy atom. The van der Waals surface area contributed by atoms with Crippen LogP contribution in [-0.2, 0) is 4.79 Å². The second kappa shape index (κ2) is 10.5. The van der Waals surface area contributed by atoms with Crippen LogP contribution in [0.3, 0.4) is 0 Å². The number of nitrogens with one attached hydrogen (secondary N) is 2. The fourth-order valence-electron chi connectivity index (χ4n) is 3.28. The van der Waals surface area contributed by atoms with Crippen molar-refractivity contribution in [2.75, 3.05) is 14.2 Å². The summed E-state index contributed by atoms with van der Waals surface area (Å²) in [4.78, 5) is 12.5. The van der Waals surface area contributed by atoms with Gasteiger partial charge in [0.05, 0.1) is 20.3 Å². The molecule has 0 spiro atoms. The van der Waals surface area contributed by atoms with Gasteiger partial charge in [0.15, 0.2) is 11.5 Å². The summed E-state index contributed by atoms with van der Waals surface area (Å²) in [7, 11) is 3.15. The molecule has 0 saturated heterocycles. The topological polar surface area (TPSA) is 83.4 Å². The summed E-state index contributed by atoms with van der Waals surface area (Å²) in [5.41, 5.74) is 0.960. The minimum Gasteiger partial charge on any atom is -0.493 e. The third-order valence-corrected chi connectivity index (χ3v) is 4.94. The van der Waals surface area contributed by atoms with Gasteiger partial charge in [0.1, 0.15) is 11.6 Å². The highest BCUT2D eigenvalue weighted by atomic mass is 16.5. The van der Waals surface area contributed by atoms with Crippen molar-refractivity contribution < 1.29 is 14.3 Å². The zero-order valence-electron chi connectivity index (χ0n) is 16.4. The zero-order valence-corrected chi connectivity index (χ0v) is 16.4. The van der Waals surface area contributed by atoms with Crippen LogP contribution in [0.1, 0.15) is 57.1 Å². The number of nitriles is 1. The first kappa shape index (κ1) is 20.6. The lowest BCUT2D eigenvalue weighted by Gasteiger charge is -2.17. The molecule has 0 heterocycles. The summed E-state index contributed by atoms with van der Waals surface area (Å²) >= 11 is 0. The molecule has 6 nitrogen and oxygen atoms in total. The molecule has 1 aromatic rings. The summed E-state index contributed by atoms with van der Waals surface area (Å²) in [6, 6.07) is 7.55. The minimum atomic E-state index is -0.388. The first-order chi connectivity index (χ1) is 13.1. The van der Waals surface area contributed by atoms with E-state index in [1.807, 2.05) is 25.1 Å². The number of hydrogen-bond donors (Lipinski definition) is 2. The molecule has 2 N–H and O–H groups in total. The predicted molar refractivity (Wildman–Crippen MR) is 104 cm³/mol. The van der Waals surface area contributed by atoms with Crippen molar-refractivity contribution in [1.29, 1.82) is 5.26 Å². The van der Waals surface area contributed by atoms with E-state index in [1.54, 1.807) is 26.5 Å². The van der Waals surface area contributed by atoms with E-state index in [9.17, 15) is 10.1 Å². The van der Waals surface area contributed by atoms with Gasteiger partial charge in [0.2, 0.25) is 0 Å². The van der Waals surface area contributed by atoms with E-state index >= 15 is 0 Å². The van der Waals surface area contributed by atoms with Crippen LogP contribution in [0.25, 0.3) is 0 Å². The monoisotopic (exact) mass is 371 g/mol. The van der Waals surface area contributed by atoms with Crippen LogP contribution in [0.15, 0.2) is 30.0 Å². The Morgan fingerprint density at radius 1 is 1.19 bits per heavy atom. The number of nitrogens with zero attached hydrogens (tertiary/aromatic N) is 1. The average Bonchev–Trinajstić information content (AvgIpc) is 2.96. The van der Waals surface area contributed by atoms with Gasteiger partial charge in [-0.25, -0.2) is 0 Å². The minimum absolute atomic E-state index is 0.0894. The molecule has 1 aliphatic rings. The molecule has 0 radical (unpaired) electrons. The van der Waals surface area contributed by atoms with Crippen LogP contribution in [0.2, 0.25) is 0 Å². The molecule has 0 bridgehead atoms. The third-order valence-electron chi connectivity index (χ3n) is 4.94. The molecule has 2 rings (SSSR count). The molecular formula is C21H29N3O3. The molecule has 146 valence electrons. The fraction of sp³-hybridized carbons (Fsp3) is 0.524. The number of carbonyl (C=O) groups excluding carboxylic acids is 1. The Hall–Kier alpha value is -2.68. The zero-order chi connectivity index (χ0) is 19.6. The lowest BCUT2D eigenvalue weighted by Crippen LogP contribution is -2.30. The van der Waals surface area contributed by atoms with Crippen molar-refractivity contribution in [1.82, 2.24) is 10.6 Å². The first-order valence-corrected chi connectivity index (χ1v) is 9.48. The molecule has 27 heavy (non-hydrogen) atoms.